The van der Waals surface area contributed by atoms with Crippen molar-refractivity contribution in [3.63, 3.8) is 0 Å². The Hall–Kier alpha value is -1.63. The lowest BCUT2D eigenvalue weighted by Gasteiger charge is -2.34. The first-order valence-electron chi connectivity index (χ1n) is 8.73. The summed E-state index contributed by atoms with van der Waals surface area (Å²) in [6.45, 7) is 1.90. The van der Waals surface area contributed by atoms with Crippen LogP contribution in [0.2, 0.25) is 0 Å². The fraction of sp³-hybridized carbons (Fsp3) is 0.812. The minimum atomic E-state index is -0.0337. The topological polar surface area (TPSA) is 72.3 Å². The van der Waals surface area contributed by atoms with Gasteiger partial charge >= 0.3 is 6.03 Å². The van der Waals surface area contributed by atoms with Crippen LogP contribution in [0, 0.1) is 0 Å². The van der Waals surface area contributed by atoms with E-state index in [0.717, 1.165) is 25.9 Å². The molecular formula is C16H27N5O2. The molecule has 7 heteroatoms. The molecule has 2 heterocycles. The van der Waals surface area contributed by atoms with E-state index in [1.807, 2.05) is 11.9 Å². The van der Waals surface area contributed by atoms with Crippen LogP contribution >= 0.6 is 0 Å². The smallest absolute Gasteiger partial charge is 0.317 e. The Balaban J connectivity index is 1.37. The Morgan fingerprint density at radius 2 is 1.91 bits per heavy atom. The third kappa shape index (κ3) is 4.67. The molecule has 3 rings (SSSR count). The van der Waals surface area contributed by atoms with Crippen molar-refractivity contribution in [3.8, 4) is 0 Å². The van der Waals surface area contributed by atoms with E-state index in [1.165, 1.54) is 32.1 Å². The quantitative estimate of drug-likeness (QED) is 0.918. The molecule has 1 aliphatic heterocycles. The van der Waals surface area contributed by atoms with Crippen molar-refractivity contribution in [3.05, 3.63) is 12.2 Å². The molecule has 2 aliphatic rings. The van der Waals surface area contributed by atoms with Gasteiger partial charge < -0.3 is 15.0 Å². The lowest BCUT2D eigenvalue weighted by atomic mass is 9.97. The Morgan fingerprint density at radius 3 is 2.57 bits per heavy atom. The molecule has 1 N–H and O–H groups in total. The summed E-state index contributed by atoms with van der Waals surface area (Å²) in [7, 11) is 1.81. The maximum absolute atomic E-state index is 12.2. The summed E-state index contributed by atoms with van der Waals surface area (Å²) in [5, 5.41) is 7.04. The van der Waals surface area contributed by atoms with Gasteiger partial charge in [-0.05, 0) is 25.7 Å². The summed E-state index contributed by atoms with van der Waals surface area (Å²) in [4.78, 5) is 18.2. The van der Waals surface area contributed by atoms with E-state index in [9.17, 15) is 4.79 Å². The second kappa shape index (κ2) is 7.77. The Morgan fingerprint density at radius 1 is 1.22 bits per heavy atom. The summed E-state index contributed by atoms with van der Waals surface area (Å²) in [6.07, 6.45) is 10.6. The summed E-state index contributed by atoms with van der Waals surface area (Å²) in [6, 6.07) is -0.0337. The molecule has 1 saturated carbocycles. The number of aromatic nitrogens is 3. The number of rotatable bonds is 4. The van der Waals surface area contributed by atoms with Gasteiger partial charge in [-0.15, -0.1) is 0 Å². The van der Waals surface area contributed by atoms with Crippen LogP contribution in [-0.2, 0) is 18.3 Å². The number of aryl methyl sites for hydroxylation is 1. The molecule has 0 spiro atoms. The number of ether oxygens (including phenoxy) is 1. The molecule has 1 aromatic heterocycles. The van der Waals surface area contributed by atoms with Gasteiger partial charge in [0.25, 0.3) is 0 Å². The molecule has 0 bridgehead atoms. The van der Waals surface area contributed by atoms with Gasteiger partial charge in [-0.3, -0.25) is 4.68 Å². The van der Waals surface area contributed by atoms with Gasteiger partial charge in [0.1, 0.15) is 6.33 Å². The summed E-state index contributed by atoms with van der Waals surface area (Å²) >= 11 is 0. The van der Waals surface area contributed by atoms with Crippen LogP contribution in [0.15, 0.2) is 6.33 Å². The third-order valence-corrected chi connectivity index (χ3v) is 4.71. The molecule has 0 unspecified atom stereocenters. The van der Waals surface area contributed by atoms with E-state index in [-0.39, 0.29) is 6.03 Å². The van der Waals surface area contributed by atoms with E-state index in [2.05, 4.69) is 15.4 Å². The number of hydrogen-bond acceptors (Lipinski definition) is 4. The zero-order chi connectivity index (χ0) is 16.1. The van der Waals surface area contributed by atoms with Crippen LogP contribution in [-0.4, -0.2) is 51.0 Å². The molecular weight excluding hydrogens is 294 g/mol. The van der Waals surface area contributed by atoms with Crippen molar-refractivity contribution in [2.24, 2.45) is 7.05 Å². The fourth-order valence-corrected chi connectivity index (χ4v) is 3.40. The SMILES string of the molecule is Cn1cnc(CNC(=O)N2CCC(OC3CCCCC3)CC2)n1. The highest BCUT2D eigenvalue weighted by atomic mass is 16.5. The number of nitrogens with one attached hydrogen (secondary N) is 1. The van der Waals surface area contributed by atoms with E-state index < -0.39 is 0 Å². The molecule has 7 nitrogen and oxygen atoms in total. The van der Waals surface area contributed by atoms with Crippen molar-refractivity contribution in [1.29, 1.82) is 0 Å². The molecule has 0 atom stereocenters. The molecule has 0 aromatic carbocycles. The first-order chi connectivity index (χ1) is 11.2. The predicted octanol–water partition coefficient (Wildman–Crippen LogP) is 1.84. The maximum atomic E-state index is 12.2. The second-order valence-corrected chi connectivity index (χ2v) is 6.58. The molecule has 128 valence electrons. The average Bonchev–Trinajstić information content (AvgIpc) is 3.00. The molecule has 0 radical (unpaired) electrons. The number of piperidine rings is 1. The van der Waals surface area contributed by atoms with Crippen LogP contribution in [0.4, 0.5) is 4.79 Å². The van der Waals surface area contributed by atoms with Crippen LogP contribution in [0.1, 0.15) is 50.8 Å². The number of carbonyl (C=O) groups is 1. The minimum Gasteiger partial charge on any atom is -0.375 e. The minimum absolute atomic E-state index is 0.0337. The highest BCUT2D eigenvalue weighted by Gasteiger charge is 2.26. The van der Waals surface area contributed by atoms with Crippen LogP contribution in [0.3, 0.4) is 0 Å². The predicted molar refractivity (Wildman–Crippen MR) is 85.8 cm³/mol. The van der Waals surface area contributed by atoms with Gasteiger partial charge in [0.2, 0.25) is 0 Å². The largest absolute Gasteiger partial charge is 0.375 e. The Kier molecular flexibility index (Phi) is 5.48. The monoisotopic (exact) mass is 321 g/mol. The van der Waals surface area contributed by atoms with Gasteiger partial charge in [0.15, 0.2) is 5.82 Å². The van der Waals surface area contributed by atoms with Crippen molar-refractivity contribution >= 4 is 6.03 Å². The lowest BCUT2D eigenvalue weighted by Crippen LogP contribution is -2.46. The van der Waals surface area contributed by atoms with E-state index in [0.29, 0.717) is 24.6 Å². The first-order valence-corrected chi connectivity index (χ1v) is 8.73. The zero-order valence-electron chi connectivity index (χ0n) is 13.9. The molecule has 1 saturated heterocycles. The number of urea groups is 1. The molecule has 2 amide bonds. The number of hydrogen-bond donors (Lipinski definition) is 1. The van der Waals surface area contributed by atoms with Crippen molar-refractivity contribution in [2.75, 3.05) is 13.1 Å². The van der Waals surface area contributed by atoms with E-state index >= 15 is 0 Å². The number of nitrogens with zero attached hydrogens (tertiary/aromatic N) is 4. The normalized spacial score (nSPS) is 20.7. The molecule has 2 fully saturated rings. The van der Waals surface area contributed by atoms with E-state index in [4.69, 9.17) is 4.74 Å². The van der Waals surface area contributed by atoms with Gasteiger partial charge in [0, 0.05) is 20.1 Å². The maximum Gasteiger partial charge on any atom is 0.317 e. The summed E-state index contributed by atoms with van der Waals surface area (Å²) in [5.74, 6) is 0.636. The number of amides is 2. The van der Waals surface area contributed by atoms with Gasteiger partial charge in [-0.1, -0.05) is 19.3 Å². The number of carbonyl (C=O) groups excluding carboxylic acids is 1. The summed E-state index contributed by atoms with van der Waals surface area (Å²) < 4.78 is 7.85. The Bertz CT molecular complexity index is 504. The molecule has 1 aliphatic carbocycles. The van der Waals surface area contributed by atoms with Crippen molar-refractivity contribution in [2.45, 2.75) is 63.7 Å². The second-order valence-electron chi connectivity index (χ2n) is 6.58. The molecule has 23 heavy (non-hydrogen) atoms. The van der Waals surface area contributed by atoms with Crippen LogP contribution in [0.5, 0.6) is 0 Å². The average molecular weight is 321 g/mol. The third-order valence-electron chi connectivity index (χ3n) is 4.71. The fourth-order valence-electron chi connectivity index (χ4n) is 3.40. The van der Waals surface area contributed by atoms with Gasteiger partial charge in [0.05, 0.1) is 18.8 Å². The van der Waals surface area contributed by atoms with Gasteiger partial charge in [-0.2, -0.15) is 5.10 Å². The summed E-state index contributed by atoms with van der Waals surface area (Å²) in [5.41, 5.74) is 0. The van der Waals surface area contributed by atoms with Crippen LogP contribution in [0.25, 0.3) is 0 Å². The zero-order valence-corrected chi connectivity index (χ0v) is 13.9. The molecule has 1 aromatic rings. The Labute approximate surface area is 137 Å². The van der Waals surface area contributed by atoms with Crippen LogP contribution < -0.4 is 5.32 Å². The first kappa shape index (κ1) is 16.2. The standard InChI is InChI=1S/C16H27N5O2/c1-20-12-18-15(19-20)11-17-16(22)21-9-7-14(8-10-21)23-13-5-3-2-4-6-13/h12-14H,2-11H2,1H3,(H,17,22). The van der Waals surface area contributed by atoms with Crippen molar-refractivity contribution < 1.29 is 9.53 Å². The highest BCUT2D eigenvalue weighted by Crippen LogP contribution is 2.24. The van der Waals surface area contributed by atoms with Gasteiger partial charge in [-0.25, -0.2) is 9.78 Å². The highest BCUT2D eigenvalue weighted by molar-refractivity contribution is 5.74. The van der Waals surface area contributed by atoms with Crippen molar-refractivity contribution in [1.82, 2.24) is 25.0 Å². The lowest BCUT2D eigenvalue weighted by molar-refractivity contribution is -0.0514. The number of likely N-dealkylation sites (tertiary alicyclic amines) is 1. The van der Waals surface area contributed by atoms with E-state index in [1.54, 1.807) is 11.0 Å².